The smallest absolute Gasteiger partial charge is 0.374 e. The zero-order chi connectivity index (χ0) is 22.5. The largest absolute Gasteiger partial charge is 0.424 e. The van der Waals surface area contributed by atoms with Gasteiger partial charge in [-0.2, -0.15) is 13.2 Å². The summed E-state index contributed by atoms with van der Waals surface area (Å²) in [7, 11) is 1.42. The lowest BCUT2D eigenvalue weighted by Crippen LogP contribution is -2.46. The quantitative estimate of drug-likeness (QED) is 0.457. The molecule has 1 aromatic carbocycles. The van der Waals surface area contributed by atoms with Crippen molar-refractivity contribution in [1.82, 2.24) is 20.2 Å². The van der Waals surface area contributed by atoms with E-state index in [1.165, 1.54) is 24.0 Å². The number of aliphatic hydroxyl groups is 1. The minimum Gasteiger partial charge on any atom is -0.374 e. The van der Waals surface area contributed by atoms with Gasteiger partial charge >= 0.3 is 6.18 Å². The molecule has 0 saturated carbocycles. The number of rotatable bonds is 7. The molecule has 0 aliphatic carbocycles. The third kappa shape index (κ3) is 5.30. The highest BCUT2D eigenvalue weighted by molar-refractivity contribution is 5.80. The number of imidazole rings is 1. The molecule has 2 unspecified atom stereocenters. The number of anilines is 1. The highest BCUT2D eigenvalue weighted by atomic mass is 19.4. The van der Waals surface area contributed by atoms with E-state index in [-0.39, 0.29) is 12.6 Å². The molecule has 7 nitrogen and oxygen atoms in total. The molecule has 170 valence electrons. The van der Waals surface area contributed by atoms with Crippen molar-refractivity contribution in [2.24, 2.45) is 12.0 Å². The monoisotopic (exact) mass is 438 g/mol. The fourth-order valence-electron chi connectivity index (χ4n) is 3.74. The first-order valence-electron chi connectivity index (χ1n) is 10.4. The van der Waals surface area contributed by atoms with Gasteiger partial charge in [-0.05, 0) is 25.5 Å². The summed E-state index contributed by atoms with van der Waals surface area (Å²) in [4.78, 5) is 10.3. The average molecular weight is 438 g/mol. The molecule has 2 aromatic rings. The highest BCUT2D eigenvalue weighted by Crippen LogP contribution is 2.40. The molecule has 1 aromatic heterocycles. The number of benzene rings is 1. The minimum absolute atomic E-state index is 0.119. The molecule has 1 aliphatic rings. The maximum Gasteiger partial charge on any atom is 0.424 e. The van der Waals surface area contributed by atoms with E-state index in [1.54, 1.807) is 0 Å². The van der Waals surface area contributed by atoms with Gasteiger partial charge in [0.15, 0.2) is 5.96 Å². The highest BCUT2D eigenvalue weighted by Gasteiger charge is 2.57. The number of nitrogens with one attached hydrogen (secondary N) is 2. The van der Waals surface area contributed by atoms with Gasteiger partial charge < -0.3 is 25.2 Å². The van der Waals surface area contributed by atoms with Gasteiger partial charge in [0, 0.05) is 63.8 Å². The molecule has 2 atom stereocenters. The topological polar surface area (TPSA) is 77.7 Å². The molecular formula is C21H29F3N6O. The summed E-state index contributed by atoms with van der Waals surface area (Å²) in [6, 6.07) is 10.2. The van der Waals surface area contributed by atoms with Crippen LogP contribution in [-0.2, 0) is 12.6 Å². The molecule has 1 fully saturated rings. The van der Waals surface area contributed by atoms with Crippen molar-refractivity contribution in [3.05, 3.63) is 48.5 Å². The zero-order valence-electron chi connectivity index (χ0n) is 17.7. The van der Waals surface area contributed by atoms with Gasteiger partial charge in [-0.25, -0.2) is 4.98 Å². The lowest BCUT2D eigenvalue weighted by atomic mass is 9.98. The van der Waals surface area contributed by atoms with Gasteiger partial charge in [-0.1, -0.05) is 18.2 Å². The normalized spacial score (nSPS) is 19.4. The Morgan fingerprint density at radius 1 is 1.29 bits per heavy atom. The van der Waals surface area contributed by atoms with Crippen molar-refractivity contribution < 1.29 is 18.3 Å². The van der Waals surface area contributed by atoms with E-state index in [0.717, 1.165) is 25.2 Å². The molecule has 3 rings (SSSR count). The lowest BCUT2D eigenvalue weighted by molar-refractivity contribution is -0.272. The van der Waals surface area contributed by atoms with Crippen LogP contribution in [0.5, 0.6) is 0 Å². The van der Waals surface area contributed by atoms with E-state index in [1.807, 2.05) is 25.1 Å². The van der Waals surface area contributed by atoms with Crippen LogP contribution in [0.2, 0.25) is 0 Å². The van der Waals surface area contributed by atoms with Crippen LogP contribution in [0, 0.1) is 0 Å². The van der Waals surface area contributed by atoms with Crippen LogP contribution in [0.15, 0.2) is 47.7 Å². The maximum atomic E-state index is 13.7. The van der Waals surface area contributed by atoms with E-state index in [0.29, 0.717) is 12.5 Å². The van der Waals surface area contributed by atoms with Crippen LogP contribution in [0.3, 0.4) is 0 Å². The molecule has 10 heteroatoms. The number of aromatic nitrogens is 2. The van der Waals surface area contributed by atoms with Crippen LogP contribution < -0.4 is 15.5 Å². The third-order valence-electron chi connectivity index (χ3n) is 5.40. The van der Waals surface area contributed by atoms with Crippen molar-refractivity contribution in [2.45, 2.75) is 37.6 Å². The fourth-order valence-corrected chi connectivity index (χ4v) is 3.74. The van der Waals surface area contributed by atoms with Crippen molar-refractivity contribution >= 4 is 11.6 Å². The van der Waals surface area contributed by atoms with Crippen LogP contribution in [0.4, 0.5) is 18.9 Å². The summed E-state index contributed by atoms with van der Waals surface area (Å²) >= 11 is 0. The Bertz CT molecular complexity index is 870. The van der Waals surface area contributed by atoms with Gasteiger partial charge in [0.05, 0.1) is 0 Å². The maximum absolute atomic E-state index is 13.7. The van der Waals surface area contributed by atoms with Crippen LogP contribution in [-0.4, -0.2) is 59.0 Å². The number of nitrogens with zero attached hydrogens (tertiary/aromatic N) is 4. The summed E-state index contributed by atoms with van der Waals surface area (Å²) in [6.07, 6.45) is -1.99. The first-order chi connectivity index (χ1) is 14.7. The number of alkyl halides is 3. The lowest BCUT2D eigenvalue weighted by Gasteiger charge is -2.29. The Labute approximate surface area is 180 Å². The average Bonchev–Trinajstić information content (AvgIpc) is 3.37. The van der Waals surface area contributed by atoms with Crippen molar-refractivity contribution in [3.63, 3.8) is 0 Å². The first-order valence-corrected chi connectivity index (χ1v) is 10.4. The van der Waals surface area contributed by atoms with Crippen LogP contribution in [0.25, 0.3) is 0 Å². The Morgan fingerprint density at radius 3 is 2.65 bits per heavy atom. The fraction of sp³-hybridized carbons (Fsp3) is 0.524. The van der Waals surface area contributed by atoms with Gasteiger partial charge in [0.1, 0.15) is 5.82 Å². The molecule has 0 bridgehead atoms. The Kier molecular flexibility index (Phi) is 7.09. The first kappa shape index (κ1) is 22.9. The van der Waals surface area contributed by atoms with Crippen molar-refractivity contribution in [3.8, 4) is 0 Å². The van der Waals surface area contributed by atoms with E-state index >= 15 is 0 Å². The predicted molar refractivity (Wildman–Crippen MR) is 114 cm³/mol. The number of hydrogen-bond donors (Lipinski definition) is 3. The number of hydrogen-bond acceptors (Lipinski definition) is 4. The number of halogens is 3. The van der Waals surface area contributed by atoms with Gasteiger partial charge in [0.25, 0.3) is 0 Å². The Balaban J connectivity index is 1.65. The predicted octanol–water partition coefficient (Wildman–Crippen LogP) is 2.39. The molecule has 0 amide bonds. The summed E-state index contributed by atoms with van der Waals surface area (Å²) < 4.78 is 42.2. The van der Waals surface area contributed by atoms with E-state index in [4.69, 9.17) is 0 Å². The second kappa shape index (κ2) is 9.59. The molecule has 31 heavy (non-hydrogen) atoms. The summed E-state index contributed by atoms with van der Waals surface area (Å²) in [5.41, 5.74) is -1.93. The summed E-state index contributed by atoms with van der Waals surface area (Å²) in [5.74, 6) is -0.00534. The number of para-hydroxylation sites is 1. The number of guanidine groups is 1. The molecule has 1 aliphatic heterocycles. The van der Waals surface area contributed by atoms with Crippen molar-refractivity contribution in [1.29, 1.82) is 0 Å². The second-order valence-electron chi connectivity index (χ2n) is 7.64. The molecule has 3 N–H and O–H groups in total. The van der Waals surface area contributed by atoms with E-state index in [2.05, 4.69) is 37.6 Å². The Morgan fingerprint density at radius 2 is 2.03 bits per heavy atom. The Hall–Kier alpha value is -2.75. The van der Waals surface area contributed by atoms with Gasteiger partial charge in [0.2, 0.25) is 5.60 Å². The summed E-state index contributed by atoms with van der Waals surface area (Å²) in [6.45, 7) is 3.90. The third-order valence-corrected chi connectivity index (χ3v) is 5.40. The molecule has 0 radical (unpaired) electrons. The SMILES string of the molecule is CCNC(=NCCC(O)(c1nccn1C)C(F)(F)F)NC1CCN(c2ccccc2)C1. The molecule has 1 saturated heterocycles. The van der Waals surface area contributed by atoms with Crippen LogP contribution >= 0.6 is 0 Å². The zero-order valence-corrected chi connectivity index (χ0v) is 17.7. The molecule has 2 heterocycles. The minimum atomic E-state index is -4.87. The number of aryl methyl sites for hydroxylation is 1. The van der Waals surface area contributed by atoms with E-state index in [9.17, 15) is 18.3 Å². The summed E-state index contributed by atoms with van der Waals surface area (Å²) in [5, 5.41) is 16.8. The van der Waals surface area contributed by atoms with Gasteiger partial charge in [-0.15, -0.1) is 0 Å². The van der Waals surface area contributed by atoms with E-state index < -0.39 is 24.0 Å². The second-order valence-corrected chi connectivity index (χ2v) is 7.64. The molecule has 0 spiro atoms. The number of aliphatic imine (C=N–C) groups is 1. The van der Waals surface area contributed by atoms with Crippen molar-refractivity contribution in [2.75, 3.05) is 31.1 Å². The standard InChI is InChI=1S/C21H29F3N6O/c1-3-25-19(28-16-9-13-30(15-16)17-7-5-4-6-8-17)27-11-10-20(31,21(22,23)24)18-26-12-14-29(18)2/h4-8,12,14,16,31H,3,9-11,13,15H2,1-2H3,(H2,25,27,28). The van der Waals surface area contributed by atoms with Crippen LogP contribution in [0.1, 0.15) is 25.6 Å². The molecular weight excluding hydrogens is 409 g/mol. The van der Waals surface area contributed by atoms with Gasteiger partial charge in [-0.3, -0.25) is 4.99 Å².